The molecule has 31 heavy (non-hydrogen) atoms. The highest BCUT2D eigenvalue weighted by Crippen LogP contribution is 2.24. The summed E-state index contributed by atoms with van der Waals surface area (Å²) in [5, 5.41) is 14.8. The predicted molar refractivity (Wildman–Crippen MR) is 127 cm³/mol. The van der Waals surface area contributed by atoms with Crippen molar-refractivity contribution in [3.63, 3.8) is 0 Å². The van der Waals surface area contributed by atoms with Crippen LogP contribution in [0.15, 0.2) is 90.6 Å². The molecule has 1 atom stereocenters. The van der Waals surface area contributed by atoms with Gasteiger partial charge in [0.1, 0.15) is 0 Å². The molecular weight excluding hydrogens is 404 g/mol. The summed E-state index contributed by atoms with van der Waals surface area (Å²) in [5.74, 6) is 0.996. The minimum absolute atomic E-state index is 0.0416. The summed E-state index contributed by atoms with van der Waals surface area (Å²) in [6.45, 7) is 6.41. The van der Waals surface area contributed by atoms with Crippen molar-refractivity contribution in [3.05, 3.63) is 91.0 Å². The summed E-state index contributed by atoms with van der Waals surface area (Å²) in [5.41, 5.74) is 2.07. The third-order valence-corrected chi connectivity index (χ3v) is 6.01. The summed E-state index contributed by atoms with van der Waals surface area (Å²) in [7, 11) is 0. The van der Waals surface area contributed by atoms with E-state index in [1.807, 2.05) is 60.0 Å². The lowest BCUT2D eigenvalue weighted by Crippen LogP contribution is -2.28. The van der Waals surface area contributed by atoms with Crippen LogP contribution in [0.2, 0.25) is 0 Å². The van der Waals surface area contributed by atoms with Crippen LogP contribution >= 0.6 is 11.8 Å². The number of amides is 1. The molecule has 1 aromatic heterocycles. The smallest absolute Gasteiger partial charge is 0.230 e. The summed E-state index contributed by atoms with van der Waals surface area (Å²) in [6, 6.07) is 24.3. The van der Waals surface area contributed by atoms with Gasteiger partial charge in [-0.15, -0.1) is 16.8 Å². The van der Waals surface area contributed by atoms with Gasteiger partial charge < -0.3 is 5.32 Å². The summed E-state index contributed by atoms with van der Waals surface area (Å²) in [6.07, 6.45) is 1.81. The zero-order chi connectivity index (χ0) is 21.6. The van der Waals surface area contributed by atoms with Crippen LogP contribution in [0.25, 0.3) is 22.2 Å². The molecule has 4 aromatic rings. The number of carbonyl (C=O) groups is 1. The molecule has 5 nitrogen and oxygen atoms in total. The molecule has 0 aliphatic rings. The molecule has 3 aromatic carbocycles. The minimum Gasteiger partial charge on any atom is -0.349 e. The van der Waals surface area contributed by atoms with Crippen LogP contribution in [0.5, 0.6) is 0 Å². The summed E-state index contributed by atoms with van der Waals surface area (Å²) < 4.78 is 1.98. The van der Waals surface area contributed by atoms with Crippen molar-refractivity contribution >= 4 is 28.4 Å². The van der Waals surface area contributed by atoms with E-state index in [0.717, 1.165) is 17.0 Å². The standard InChI is InChI=1S/C25H24N4OS/c1-3-15-29-24(20-10-5-4-6-11-20)27-28-25(29)31-17-23(30)26-18(2)21-14-13-19-9-7-8-12-22(19)16-21/h3-14,16,18H,1,15,17H2,2H3,(H,26,30). The molecule has 156 valence electrons. The average Bonchev–Trinajstić information content (AvgIpc) is 3.20. The number of nitrogens with one attached hydrogen (secondary N) is 1. The van der Waals surface area contributed by atoms with E-state index in [1.54, 1.807) is 0 Å². The molecule has 0 spiro atoms. The van der Waals surface area contributed by atoms with E-state index in [4.69, 9.17) is 0 Å². The van der Waals surface area contributed by atoms with Gasteiger partial charge in [0, 0.05) is 12.1 Å². The monoisotopic (exact) mass is 428 g/mol. The van der Waals surface area contributed by atoms with E-state index in [2.05, 4.69) is 52.4 Å². The van der Waals surface area contributed by atoms with Crippen LogP contribution in [-0.2, 0) is 11.3 Å². The van der Waals surface area contributed by atoms with Gasteiger partial charge in [-0.25, -0.2) is 0 Å². The fourth-order valence-corrected chi connectivity index (χ4v) is 4.22. The van der Waals surface area contributed by atoms with Crippen molar-refractivity contribution in [3.8, 4) is 11.4 Å². The number of allylic oxidation sites excluding steroid dienone is 1. The molecule has 6 heteroatoms. The Morgan fingerprint density at radius 1 is 1.06 bits per heavy atom. The maximum absolute atomic E-state index is 12.6. The first kappa shape index (κ1) is 20.9. The molecule has 1 N–H and O–H groups in total. The maximum atomic E-state index is 12.6. The van der Waals surface area contributed by atoms with Gasteiger partial charge >= 0.3 is 0 Å². The van der Waals surface area contributed by atoms with Gasteiger partial charge in [-0.3, -0.25) is 9.36 Å². The molecule has 1 amide bonds. The van der Waals surface area contributed by atoms with Gasteiger partial charge in [0.05, 0.1) is 11.8 Å². The Morgan fingerprint density at radius 2 is 1.81 bits per heavy atom. The molecule has 0 saturated heterocycles. The van der Waals surface area contributed by atoms with Crippen molar-refractivity contribution in [2.24, 2.45) is 0 Å². The highest BCUT2D eigenvalue weighted by Gasteiger charge is 2.16. The second kappa shape index (κ2) is 9.62. The number of hydrogen-bond acceptors (Lipinski definition) is 4. The Hall–Kier alpha value is -3.38. The Kier molecular flexibility index (Phi) is 6.48. The normalized spacial score (nSPS) is 11.9. The van der Waals surface area contributed by atoms with Crippen LogP contribution in [-0.4, -0.2) is 26.4 Å². The number of nitrogens with zero attached hydrogens (tertiary/aromatic N) is 3. The third kappa shape index (κ3) is 4.86. The third-order valence-electron chi connectivity index (χ3n) is 5.04. The number of thioether (sulfide) groups is 1. The average molecular weight is 429 g/mol. The first-order chi connectivity index (χ1) is 15.2. The SMILES string of the molecule is C=CCn1c(SCC(=O)NC(C)c2ccc3ccccc3c2)nnc1-c1ccccc1. The first-order valence-corrected chi connectivity index (χ1v) is 11.1. The predicted octanol–water partition coefficient (Wildman–Crippen LogP) is 5.25. The highest BCUT2D eigenvalue weighted by molar-refractivity contribution is 7.99. The zero-order valence-corrected chi connectivity index (χ0v) is 18.2. The number of fused-ring (bicyclic) bond motifs is 1. The van der Waals surface area contributed by atoms with Crippen LogP contribution < -0.4 is 5.32 Å². The van der Waals surface area contributed by atoms with Gasteiger partial charge in [0.25, 0.3) is 0 Å². The van der Waals surface area contributed by atoms with E-state index in [0.29, 0.717) is 11.7 Å². The Balaban J connectivity index is 1.42. The molecule has 0 aliphatic heterocycles. The lowest BCUT2D eigenvalue weighted by molar-refractivity contribution is -0.119. The van der Waals surface area contributed by atoms with Gasteiger partial charge in [-0.2, -0.15) is 0 Å². The van der Waals surface area contributed by atoms with E-state index in [1.165, 1.54) is 22.5 Å². The largest absolute Gasteiger partial charge is 0.349 e. The lowest BCUT2D eigenvalue weighted by Gasteiger charge is -2.15. The second-order valence-electron chi connectivity index (χ2n) is 7.26. The Bertz CT molecular complexity index is 1200. The fraction of sp³-hybridized carbons (Fsp3) is 0.160. The molecule has 1 unspecified atom stereocenters. The van der Waals surface area contributed by atoms with Gasteiger partial charge in [-0.05, 0) is 29.3 Å². The van der Waals surface area contributed by atoms with Crippen molar-refractivity contribution < 1.29 is 4.79 Å². The number of rotatable bonds is 8. The first-order valence-electron chi connectivity index (χ1n) is 10.2. The van der Waals surface area contributed by atoms with Crippen molar-refractivity contribution in [2.45, 2.75) is 24.7 Å². The Morgan fingerprint density at radius 3 is 2.58 bits per heavy atom. The zero-order valence-electron chi connectivity index (χ0n) is 17.4. The van der Waals surface area contributed by atoms with Crippen molar-refractivity contribution in [2.75, 3.05) is 5.75 Å². The van der Waals surface area contributed by atoms with Crippen LogP contribution in [0.1, 0.15) is 18.5 Å². The van der Waals surface area contributed by atoms with Crippen LogP contribution in [0.3, 0.4) is 0 Å². The molecule has 1 heterocycles. The van der Waals surface area contributed by atoms with Gasteiger partial charge in [0.15, 0.2) is 11.0 Å². The van der Waals surface area contributed by atoms with Gasteiger partial charge in [0.2, 0.25) is 5.91 Å². The quantitative estimate of drug-likeness (QED) is 0.307. The topological polar surface area (TPSA) is 59.8 Å². The Labute approximate surface area is 186 Å². The van der Waals surface area contributed by atoms with E-state index < -0.39 is 0 Å². The fourth-order valence-electron chi connectivity index (χ4n) is 3.46. The molecule has 4 rings (SSSR count). The number of hydrogen-bond donors (Lipinski definition) is 1. The molecule has 0 aliphatic carbocycles. The van der Waals surface area contributed by atoms with Crippen LogP contribution in [0.4, 0.5) is 0 Å². The number of aromatic nitrogens is 3. The van der Waals surface area contributed by atoms with Gasteiger partial charge in [-0.1, -0.05) is 84.6 Å². The van der Waals surface area contributed by atoms with Crippen molar-refractivity contribution in [1.29, 1.82) is 0 Å². The van der Waals surface area contributed by atoms with Crippen molar-refractivity contribution in [1.82, 2.24) is 20.1 Å². The van der Waals surface area contributed by atoms with E-state index >= 15 is 0 Å². The highest BCUT2D eigenvalue weighted by atomic mass is 32.2. The van der Waals surface area contributed by atoms with E-state index in [9.17, 15) is 4.79 Å². The number of carbonyl (C=O) groups excluding carboxylic acids is 1. The summed E-state index contributed by atoms with van der Waals surface area (Å²) in [4.78, 5) is 12.6. The summed E-state index contributed by atoms with van der Waals surface area (Å²) >= 11 is 1.38. The van der Waals surface area contributed by atoms with Crippen LogP contribution in [0, 0.1) is 0 Å². The second-order valence-corrected chi connectivity index (χ2v) is 8.20. The lowest BCUT2D eigenvalue weighted by atomic mass is 10.0. The molecule has 0 bridgehead atoms. The van der Waals surface area contributed by atoms with E-state index in [-0.39, 0.29) is 17.7 Å². The minimum atomic E-state index is -0.0800. The molecule has 0 saturated carbocycles. The maximum Gasteiger partial charge on any atom is 0.230 e. The molecular formula is C25H24N4OS. The molecule has 0 fully saturated rings. The molecule has 0 radical (unpaired) electrons. The number of benzene rings is 3.